The summed E-state index contributed by atoms with van der Waals surface area (Å²) in [6, 6.07) is 6.34. The van der Waals surface area contributed by atoms with Crippen LogP contribution in [0.15, 0.2) is 18.2 Å². The summed E-state index contributed by atoms with van der Waals surface area (Å²) >= 11 is 0. The van der Waals surface area contributed by atoms with Crippen molar-refractivity contribution in [3.05, 3.63) is 34.9 Å². The van der Waals surface area contributed by atoms with E-state index in [9.17, 15) is 8.78 Å². The van der Waals surface area contributed by atoms with E-state index in [4.69, 9.17) is 0 Å². The molecule has 0 saturated heterocycles. The van der Waals surface area contributed by atoms with E-state index < -0.39 is 6.43 Å². The topological polar surface area (TPSA) is 12.0 Å². The normalized spacial score (nSPS) is 16.5. The highest BCUT2D eigenvalue weighted by atomic mass is 19.3. The zero-order valence-corrected chi connectivity index (χ0v) is 9.47. The number of aryl methyl sites for hydroxylation is 2. The standard InChI is InChI=1S/C13H17F2N/c1-9(16-8-13(14)15)11-6-5-10-3-2-4-12(10)7-11/h5-7,9,13,16H,2-4,8H2,1H3. The Kier molecular flexibility index (Phi) is 3.54. The molecular formula is C13H17F2N. The zero-order valence-electron chi connectivity index (χ0n) is 9.47. The maximum Gasteiger partial charge on any atom is 0.250 e. The second kappa shape index (κ2) is 4.91. The largest absolute Gasteiger partial charge is 0.305 e. The van der Waals surface area contributed by atoms with Gasteiger partial charge in [-0.2, -0.15) is 0 Å². The third kappa shape index (κ3) is 2.59. The first-order valence-corrected chi connectivity index (χ1v) is 5.80. The summed E-state index contributed by atoms with van der Waals surface area (Å²) in [5.41, 5.74) is 3.93. The molecule has 1 aromatic rings. The average molecular weight is 225 g/mol. The van der Waals surface area contributed by atoms with E-state index in [-0.39, 0.29) is 12.6 Å². The maximum absolute atomic E-state index is 12.1. The fourth-order valence-corrected chi connectivity index (χ4v) is 2.24. The lowest BCUT2D eigenvalue weighted by atomic mass is 10.0. The van der Waals surface area contributed by atoms with Gasteiger partial charge >= 0.3 is 0 Å². The van der Waals surface area contributed by atoms with Gasteiger partial charge in [0.05, 0.1) is 6.54 Å². The summed E-state index contributed by atoms with van der Waals surface area (Å²) in [6.07, 6.45) is 1.23. The number of nitrogens with one attached hydrogen (secondary N) is 1. The lowest BCUT2D eigenvalue weighted by Gasteiger charge is -2.15. The van der Waals surface area contributed by atoms with Crippen molar-refractivity contribution >= 4 is 0 Å². The van der Waals surface area contributed by atoms with E-state index in [2.05, 4.69) is 17.4 Å². The first-order valence-electron chi connectivity index (χ1n) is 5.80. The van der Waals surface area contributed by atoms with Crippen molar-refractivity contribution in [3.63, 3.8) is 0 Å². The van der Waals surface area contributed by atoms with Crippen LogP contribution in [0.1, 0.15) is 36.1 Å². The molecule has 1 N–H and O–H groups in total. The number of hydrogen-bond donors (Lipinski definition) is 1. The van der Waals surface area contributed by atoms with Crippen LogP contribution in [-0.2, 0) is 12.8 Å². The van der Waals surface area contributed by atoms with Crippen molar-refractivity contribution in [2.45, 2.75) is 38.7 Å². The van der Waals surface area contributed by atoms with E-state index in [1.54, 1.807) is 0 Å². The minimum atomic E-state index is -2.28. The fraction of sp³-hybridized carbons (Fsp3) is 0.538. The Labute approximate surface area is 94.9 Å². The van der Waals surface area contributed by atoms with E-state index >= 15 is 0 Å². The van der Waals surface area contributed by atoms with Crippen LogP contribution in [0.2, 0.25) is 0 Å². The molecule has 0 saturated carbocycles. The van der Waals surface area contributed by atoms with Gasteiger partial charge in [-0.05, 0) is 42.9 Å². The molecule has 1 aliphatic rings. The Morgan fingerprint density at radius 3 is 2.75 bits per heavy atom. The van der Waals surface area contributed by atoms with Gasteiger partial charge in [-0.1, -0.05) is 18.2 Å². The molecule has 0 aliphatic heterocycles. The minimum absolute atomic E-state index is 0.0000926. The van der Waals surface area contributed by atoms with E-state index in [1.165, 1.54) is 17.5 Å². The van der Waals surface area contributed by atoms with Crippen LogP contribution >= 0.6 is 0 Å². The van der Waals surface area contributed by atoms with Crippen molar-refractivity contribution in [2.24, 2.45) is 0 Å². The monoisotopic (exact) mass is 225 g/mol. The molecule has 0 radical (unpaired) electrons. The number of fused-ring (bicyclic) bond motifs is 1. The zero-order chi connectivity index (χ0) is 11.5. The third-order valence-electron chi connectivity index (χ3n) is 3.20. The van der Waals surface area contributed by atoms with Gasteiger partial charge in [0.15, 0.2) is 0 Å². The first kappa shape index (κ1) is 11.5. The Hall–Kier alpha value is -0.960. The molecule has 0 bridgehead atoms. The number of rotatable bonds is 4. The van der Waals surface area contributed by atoms with Gasteiger partial charge in [0.25, 0.3) is 6.43 Å². The van der Waals surface area contributed by atoms with Crippen LogP contribution in [0.5, 0.6) is 0 Å². The molecule has 1 atom stereocenters. The summed E-state index contributed by atoms with van der Waals surface area (Å²) in [7, 11) is 0. The molecule has 0 fully saturated rings. The van der Waals surface area contributed by atoms with Crippen LogP contribution in [0.3, 0.4) is 0 Å². The molecule has 0 aromatic heterocycles. The number of hydrogen-bond acceptors (Lipinski definition) is 1. The van der Waals surface area contributed by atoms with Crippen molar-refractivity contribution < 1.29 is 8.78 Å². The highest BCUT2D eigenvalue weighted by molar-refractivity contribution is 5.36. The lowest BCUT2D eigenvalue weighted by molar-refractivity contribution is 0.142. The summed E-state index contributed by atoms with van der Waals surface area (Å²) in [5, 5.41) is 2.84. The number of alkyl halides is 2. The SMILES string of the molecule is CC(NCC(F)F)c1ccc2c(c1)CCC2. The van der Waals surface area contributed by atoms with Gasteiger partial charge in [-0.15, -0.1) is 0 Å². The predicted molar refractivity (Wildman–Crippen MR) is 60.9 cm³/mol. The van der Waals surface area contributed by atoms with Crippen LogP contribution < -0.4 is 5.32 Å². The predicted octanol–water partition coefficient (Wildman–Crippen LogP) is 3.09. The molecule has 1 nitrogen and oxygen atoms in total. The quantitative estimate of drug-likeness (QED) is 0.830. The Morgan fingerprint density at radius 1 is 1.25 bits per heavy atom. The molecule has 1 aromatic carbocycles. The van der Waals surface area contributed by atoms with E-state index in [0.717, 1.165) is 18.4 Å². The smallest absolute Gasteiger partial charge is 0.250 e. The molecule has 0 heterocycles. The molecular weight excluding hydrogens is 208 g/mol. The second-order valence-corrected chi connectivity index (χ2v) is 4.40. The molecule has 3 heteroatoms. The van der Waals surface area contributed by atoms with E-state index in [1.807, 2.05) is 13.0 Å². The van der Waals surface area contributed by atoms with E-state index in [0.29, 0.717) is 0 Å². The molecule has 2 rings (SSSR count). The van der Waals surface area contributed by atoms with Crippen molar-refractivity contribution in [1.82, 2.24) is 5.32 Å². The maximum atomic E-state index is 12.1. The molecule has 0 amide bonds. The third-order valence-corrected chi connectivity index (χ3v) is 3.20. The van der Waals surface area contributed by atoms with Crippen LogP contribution in [0.4, 0.5) is 8.78 Å². The van der Waals surface area contributed by atoms with Crippen molar-refractivity contribution in [1.29, 1.82) is 0 Å². The Morgan fingerprint density at radius 2 is 2.00 bits per heavy atom. The van der Waals surface area contributed by atoms with Crippen LogP contribution in [-0.4, -0.2) is 13.0 Å². The Balaban J connectivity index is 2.03. The van der Waals surface area contributed by atoms with Crippen molar-refractivity contribution in [3.8, 4) is 0 Å². The minimum Gasteiger partial charge on any atom is -0.305 e. The average Bonchev–Trinajstić information content (AvgIpc) is 2.72. The van der Waals surface area contributed by atoms with Gasteiger partial charge in [-0.3, -0.25) is 0 Å². The van der Waals surface area contributed by atoms with Crippen molar-refractivity contribution in [2.75, 3.05) is 6.54 Å². The Bertz CT molecular complexity index is 363. The van der Waals surface area contributed by atoms with Crippen LogP contribution in [0.25, 0.3) is 0 Å². The second-order valence-electron chi connectivity index (χ2n) is 4.40. The highest BCUT2D eigenvalue weighted by Gasteiger charge is 2.14. The van der Waals surface area contributed by atoms with Gasteiger partial charge in [-0.25, -0.2) is 8.78 Å². The van der Waals surface area contributed by atoms with Gasteiger partial charge in [0, 0.05) is 6.04 Å². The lowest BCUT2D eigenvalue weighted by Crippen LogP contribution is -2.24. The summed E-state index contributed by atoms with van der Waals surface area (Å²) in [5.74, 6) is 0. The summed E-state index contributed by atoms with van der Waals surface area (Å²) in [4.78, 5) is 0. The van der Waals surface area contributed by atoms with Crippen LogP contribution in [0, 0.1) is 0 Å². The number of benzene rings is 1. The summed E-state index contributed by atoms with van der Waals surface area (Å²) < 4.78 is 24.1. The summed E-state index contributed by atoms with van der Waals surface area (Å²) in [6.45, 7) is 1.69. The van der Waals surface area contributed by atoms with Gasteiger partial charge in [0.2, 0.25) is 0 Å². The molecule has 0 spiro atoms. The number of halogens is 2. The molecule has 1 aliphatic carbocycles. The fourth-order valence-electron chi connectivity index (χ4n) is 2.24. The van der Waals surface area contributed by atoms with Gasteiger partial charge < -0.3 is 5.32 Å². The molecule has 88 valence electrons. The van der Waals surface area contributed by atoms with Gasteiger partial charge in [0.1, 0.15) is 0 Å². The molecule has 16 heavy (non-hydrogen) atoms. The highest BCUT2D eigenvalue weighted by Crippen LogP contribution is 2.25. The molecule has 1 unspecified atom stereocenters. The first-order chi connectivity index (χ1) is 7.66.